The SMILES string of the molecule is COc1cc2cc(c1Cl)N(C)C(=O)C[C@H](OC(=O)[C@H](C)N(C)C(=O)CCSC)[C@@]1(C)O[C@H]1[C@H](C)[C@@H]1C[C@@](O)(NC(=O)O1)[C@H](OC)/C=C/C=C(\C)C2. The smallest absolute Gasteiger partial charge is 0.409 e. The van der Waals surface area contributed by atoms with Crippen molar-refractivity contribution in [2.45, 2.75) is 95.2 Å². The van der Waals surface area contributed by atoms with Gasteiger partial charge in [0.25, 0.3) is 0 Å². The number of esters is 1. The Morgan fingerprint density at radius 2 is 1.98 bits per heavy atom. The van der Waals surface area contributed by atoms with E-state index >= 15 is 0 Å². The minimum absolute atomic E-state index is 0.0440. The van der Waals surface area contributed by atoms with Crippen molar-refractivity contribution < 1.29 is 48.0 Å². The fraction of sp³-hybridized carbons (Fsp3) is 0.611. The number of hydrogen-bond donors (Lipinski definition) is 2. The second kappa shape index (κ2) is 16.6. The molecule has 3 amide bonds. The summed E-state index contributed by atoms with van der Waals surface area (Å²) in [5, 5.41) is 14.4. The van der Waals surface area contributed by atoms with Crippen molar-refractivity contribution in [3.05, 3.63) is 46.5 Å². The zero-order valence-corrected chi connectivity index (χ0v) is 32.3. The Morgan fingerprint density at radius 1 is 1.27 bits per heavy atom. The first-order chi connectivity index (χ1) is 24.0. The number of carbonyl (C=O) groups excluding carboxylic acids is 4. The van der Waals surface area contributed by atoms with Gasteiger partial charge in [-0.1, -0.05) is 42.3 Å². The number of halogens is 1. The predicted molar refractivity (Wildman–Crippen MR) is 194 cm³/mol. The lowest BCUT2D eigenvalue weighted by molar-refractivity contribution is -0.161. The van der Waals surface area contributed by atoms with Crippen molar-refractivity contribution in [2.75, 3.05) is 45.2 Å². The van der Waals surface area contributed by atoms with Crippen molar-refractivity contribution in [2.24, 2.45) is 5.92 Å². The molecule has 8 atom stereocenters. The molecular weight excluding hydrogens is 702 g/mol. The van der Waals surface area contributed by atoms with E-state index in [1.54, 1.807) is 52.1 Å². The Balaban J connectivity index is 1.76. The van der Waals surface area contributed by atoms with Crippen molar-refractivity contribution in [1.29, 1.82) is 0 Å². The second-order valence-corrected chi connectivity index (χ2v) is 15.0. The zero-order valence-electron chi connectivity index (χ0n) is 30.7. The lowest BCUT2D eigenvalue weighted by atomic mass is 9.83. The molecule has 0 aromatic heterocycles. The van der Waals surface area contributed by atoms with E-state index in [-0.39, 0.29) is 30.2 Å². The summed E-state index contributed by atoms with van der Waals surface area (Å²) < 4.78 is 29.1. The highest BCUT2D eigenvalue weighted by molar-refractivity contribution is 7.98. The van der Waals surface area contributed by atoms with Crippen molar-refractivity contribution >= 4 is 52.9 Å². The van der Waals surface area contributed by atoms with Crippen LogP contribution in [0.5, 0.6) is 5.75 Å². The van der Waals surface area contributed by atoms with Crippen LogP contribution in [-0.4, -0.2) is 116 Å². The molecule has 13 nitrogen and oxygen atoms in total. The van der Waals surface area contributed by atoms with Gasteiger partial charge >= 0.3 is 12.1 Å². The Morgan fingerprint density at radius 3 is 2.63 bits per heavy atom. The minimum Gasteiger partial charge on any atom is -0.495 e. The van der Waals surface area contributed by atoms with Gasteiger partial charge in [-0.3, -0.25) is 14.9 Å². The third-order valence-corrected chi connectivity index (χ3v) is 11.0. The average Bonchev–Trinajstić information content (AvgIpc) is 3.79. The van der Waals surface area contributed by atoms with Gasteiger partial charge in [-0.2, -0.15) is 11.8 Å². The van der Waals surface area contributed by atoms with Crippen LogP contribution in [0.25, 0.3) is 0 Å². The van der Waals surface area contributed by atoms with Crippen LogP contribution in [0.3, 0.4) is 0 Å². The molecule has 0 unspecified atom stereocenters. The standard InChI is InChI=1S/C36H50ClN3O10S/c1-20-11-10-12-27(47-8)36(45)19-26(48-34(44)38-36)21(2)32-35(4,50-32)28(49-33(43)22(3)39(5)29(41)13-14-51-9)18-30(42)40(6)24-16-23(15-20)17-25(46-7)31(24)37/h10-12,16-17,21-22,26-28,32,45H,13-15,18-19H2,1-9H3,(H,38,44)/b12-10+,20-11+/t21-,22+,26+,27-,28+,32+,35-,36+/m1/s1. The number of amides is 3. The van der Waals surface area contributed by atoms with Gasteiger partial charge in [0.15, 0.2) is 5.72 Å². The number of hydrogen-bond acceptors (Lipinski definition) is 11. The van der Waals surface area contributed by atoms with Gasteiger partial charge in [0.2, 0.25) is 11.8 Å². The number of thioether (sulfide) groups is 1. The predicted octanol–water partition coefficient (Wildman–Crippen LogP) is 4.27. The molecule has 0 radical (unpaired) electrons. The van der Waals surface area contributed by atoms with E-state index < -0.39 is 65.7 Å². The highest BCUT2D eigenvalue weighted by atomic mass is 35.5. The van der Waals surface area contributed by atoms with E-state index in [1.165, 1.54) is 42.8 Å². The number of ether oxygens (including phenoxy) is 5. The second-order valence-electron chi connectivity index (χ2n) is 13.6. The number of fused-ring (bicyclic) bond motifs is 5. The van der Waals surface area contributed by atoms with Crippen LogP contribution in [0.4, 0.5) is 10.5 Å². The first kappa shape index (κ1) is 40.5. The van der Waals surface area contributed by atoms with Gasteiger partial charge in [-0.25, -0.2) is 9.59 Å². The summed E-state index contributed by atoms with van der Waals surface area (Å²) in [5.41, 5.74) is -0.877. The van der Waals surface area contributed by atoms with Crippen molar-refractivity contribution in [3.63, 3.8) is 0 Å². The monoisotopic (exact) mass is 751 g/mol. The molecule has 3 aliphatic rings. The molecule has 15 heteroatoms. The molecule has 51 heavy (non-hydrogen) atoms. The molecule has 0 saturated carbocycles. The largest absolute Gasteiger partial charge is 0.495 e. The molecule has 4 bridgehead atoms. The molecular formula is C36H50ClN3O10S. The molecule has 3 heterocycles. The highest BCUT2D eigenvalue weighted by Crippen LogP contribution is 2.49. The third kappa shape index (κ3) is 9.02. The number of rotatable bonds is 8. The average molecular weight is 752 g/mol. The number of methoxy groups -OCH3 is 2. The number of nitrogens with one attached hydrogen (secondary N) is 1. The number of benzene rings is 1. The molecule has 2 saturated heterocycles. The Labute approximate surface area is 308 Å². The minimum atomic E-state index is -1.82. The Hall–Kier alpha value is -3.30. The number of epoxide rings is 1. The van der Waals surface area contributed by atoms with Crippen molar-refractivity contribution in [1.82, 2.24) is 10.2 Å². The topological polar surface area (TPSA) is 156 Å². The quantitative estimate of drug-likeness (QED) is 0.289. The molecule has 0 aliphatic carbocycles. The van der Waals surface area contributed by atoms with Gasteiger partial charge in [0.05, 0.1) is 25.3 Å². The van der Waals surface area contributed by atoms with Crippen LogP contribution < -0.4 is 15.0 Å². The van der Waals surface area contributed by atoms with Crippen LogP contribution in [0, 0.1) is 5.92 Å². The van der Waals surface area contributed by atoms with Crippen LogP contribution in [0.1, 0.15) is 52.5 Å². The van der Waals surface area contributed by atoms with Gasteiger partial charge in [-0.15, -0.1) is 0 Å². The molecule has 2 N–H and O–H groups in total. The summed E-state index contributed by atoms with van der Waals surface area (Å²) in [6, 6.07) is 2.64. The van der Waals surface area contributed by atoms with Gasteiger partial charge in [0.1, 0.15) is 40.7 Å². The molecule has 3 aliphatic heterocycles. The van der Waals surface area contributed by atoms with Gasteiger partial charge in [-0.05, 0) is 51.1 Å². The number of likely N-dealkylation sites (N-methyl/N-ethyl adjacent to an activating group) is 1. The maximum absolute atomic E-state index is 14.1. The number of aliphatic hydroxyl groups is 1. The van der Waals surface area contributed by atoms with E-state index in [2.05, 4.69) is 5.32 Å². The first-order valence-electron chi connectivity index (χ1n) is 16.8. The zero-order chi connectivity index (χ0) is 37.8. The number of alkyl carbamates (subject to hydrolysis) is 1. The van der Waals surface area contributed by atoms with Crippen LogP contribution in [0.15, 0.2) is 35.9 Å². The highest BCUT2D eigenvalue weighted by Gasteiger charge is 2.64. The summed E-state index contributed by atoms with van der Waals surface area (Å²) in [5.74, 6) is -0.896. The third-order valence-electron chi connectivity index (χ3n) is 10.0. The van der Waals surface area contributed by atoms with Crippen molar-refractivity contribution in [3.8, 4) is 5.75 Å². The van der Waals surface area contributed by atoms with E-state index in [9.17, 15) is 24.3 Å². The van der Waals surface area contributed by atoms with E-state index in [4.69, 9.17) is 35.3 Å². The maximum Gasteiger partial charge on any atom is 0.409 e. The fourth-order valence-corrected chi connectivity index (χ4v) is 7.28. The number of anilines is 1. The summed E-state index contributed by atoms with van der Waals surface area (Å²) in [6.45, 7) is 7.02. The molecule has 2 fully saturated rings. The molecule has 282 valence electrons. The fourth-order valence-electron chi connectivity index (χ4n) is 6.58. The molecule has 1 aromatic carbocycles. The lowest BCUT2D eigenvalue weighted by Crippen LogP contribution is -2.63. The molecule has 0 spiro atoms. The normalized spacial score (nSPS) is 31.9. The Kier molecular flexibility index (Phi) is 13.2. The summed E-state index contributed by atoms with van der Waals surface area (Å²) in [4.78, 5) is 56.0. The molecule has 4 rings (SSSR count). The van der Waals surface area contributed by atoms with Gasteiger partial charge < -0.3 is 38.6 Å². The number of carbonyl (C=O) groups is 4. The summed E-state index contributed by atoms with van der Waals surface area (Å²) >= 11 is 8.27. The lowest BCUT2D eigenvalue weighted by Gasteiger charge is -2.42. The van der Waals surface area contributed by atoms with Crippen LogP contribution >= 0.6 is 23.4 Å². The van der Waals surface area contributed by atoms with E-state index in [0.717, 1.165) is 11.1 Å². The van der Waals surface area contributed by atoms with Crippen LogP contribution in [-0.2, 0) is 39.8 Å². The first-order valence-corrected chi connectivity index (χ1v) is 18.6. The summed E-state index contributed by atoms with van der Waals surface area (Å²) in [7, 11) is 6.04. The van der Waals surface area contributed by atoms with E-state index in [1.807, 2.05) is 19.3 Å². The van der Waals surface area contributed by atoms with E-state index in [0.29, 0.717) is 23.6 Å². The Bertz CT molecular complexity index is 1560. The maximum atomic E-state index is 14.1. The van der Waals surface area contributed by atoms with Gasteiger partial charge in [0, 0.05) is 45.7 Å². The molecule has 1 aromatic rings. The number of allylic oxidation sites excluding steroid dienone is 3. The number of nitrogens with zero attached hydrogens (tertiary/aromatic N) is 2. The van der Waals surface area contributed by atoms with Crippen LogP contribution in [0.2, 0.25) is 5.02 Å². The summed E-state index contributed by atoms with van der Waals surface area (Å²) in [6.07, 6.45) is 3.16.